The Hall–Kier alpha value is -0.188. The van der Waals surface area contributed by atoms with E-state index in [1.54, 1.807) is 12.1 Å². The fraction of sp³-hybridized carbons (Fsp3) is 0.111. The van der Waals surface area contributed by atoms with Crippen molar-refractivity contribution in [3.8, 4) is 5.75 Å². The molecule has 0 bridgehead atoms. The van der Waals surface area contributed by atoms with Gasteiger partial charge in [-0.15, -0.1) is 0 Å². The molecule has 0 aliphatic carbocycles. The van der Waals surface area contributed by atoms with Crippen LogP contribution in [0, 0.1) is 0 Å². The number of carboxylic acids is 1. The van der Waals surface area contributed by atoms with Gasteiger partial charge >= 0.3 is 81.0 Å². The summed E-state index contributed by atoms with van der Waals surface area (Å²) in [6.45, 7) is 0. The SMILES string of the molecule is O=C(O)Cc1ccc(O)cc1.O=C(O)O.[CsH]. The van der Waals surface area contributed by atoms with Crippen molar-refractivity contribution >= 4 is 81.0 Å². The first-order valence-electron chi connectivity index (χ1n) is 3.83. The Bertz CT molecular complexity index is 330. The van der Waals surface area contributed by atoms with Gasteiger partial charge in [-0.25, -0.2) is 4.79 Å². The molecule has 0 saturated carbocycles. The van der Waals surface area contributed by atoms with E-state index in [9.17, 15) is 4.79 Å². The summed E-state index contributed by atoms with van der Waals surface area (Å²) < 4.78 is 0. The minimum absolute atomic E-state index is 0. The van der Waals surface area contributed by atoms with Gasteiger partial charge in [0.2, 0.25) is 0 Å². The van der Waals surface area contributed by atoms with E-state index in [1.165, 1.54) is 12.1 Å². The van der Waals surface area contributed by atoms with E-state index in [4.69, 9.17) is 25.2 Å². The van der Waals surface area contributed by atoms with E-state index < -0.39 is 12.1 Å². The molecule has 0 atom stereocenters. The number of hydrogen-bond acceptors (Lipinski definition) is 3. The third-order valence-corrected chi connectivity index (χ3v) is 1.29. The first-order valence-corrected chi connectivity index (χ1v) is 3.83. The van der Waals surface area contributed by atoms with Crippen LogP contribution in [-0.4, -0.2) is 101 Å². The third-order valence-electron chi connectivity index (χ3n) is 1.29. The third kappa shape index (κ3) is 11.9. The minimum atomic E-state index is -1.83. The first kappa shape index (κ1) is 18.2. The number of benzene rings is 1. The molecule has 4 N–H and O–H groups in total. The van der Waals surface area contributed by atoms with Crippen LogP contribution in [0.5, 0.6) is 5.75 Å². The maximum absolute atomic E-state index is 10.2. The number of carbonyl (C=O) groups is 2. The number of rotatable bonds is 2. The quantitative estimate of drug-likeness (QED) is 0.622. The van der Waals surface area contributed by atoms with Crippen LogP contribution in [-0.2, 0) is 11.2 Å². The van der Waals surface area contributed by atoms with Gasteiger partial charge in [-0.1, -0.05) is 12.1 Å². The zero-order valence-electron chi connectivity index (χ0n) is 7.62. The summed E-state index contributed by atoms with van der Waals surface area (Å²) in [6.07, 6.45) is -1.83. The maximum atomic E-state index is 10.2. The standard InChI is InChI=1S/C8H8O3.CH2O3.Cs.H/c9-7-3-1-6(2-4-7)5-8(10)11;2-1(3)4;;/h1-4,9H,5H2,(H,10,11);(H2,2,3,4);;. The fourth-order valence-electron chi connectivity index (χ4n) is 0.788. The average Bonchev–Trinajstić information content (AvgIpc) is 2.07. The second-order valence-corrected chi connectivity index (χ2v) is 2.52. The summed E-state index contributed by atoms with van der Waals surface area (Å²) in [4.78, 5) is 18.7. The zero-order valence-corrected chi connectivity index (χ0v) is 7.62. The van der Waals surface area contributed by atoms with Gasteiger partial charge in [0.05, 0.1) is 6.42 Å². The summed E-state index contributed by atoms with van der Waals surface area (Å²) in [5.74, 6) is -0.713. The van der Waals surface area contributed by atoms with Crippen molar-refractivity contribution in [2.75, 3.05) is 0 Å². The Morgan fingerprint density at radius 2 is 1.38 bits per heavy atom. The van der Waals surface area contributed by atoms with Crippen molar-refractivity contribution in [1.29, 1.82) is 0 Å². The van der Waals surface area contributed by atoms with Crippen LogP contribution >= 0.6 is 0 Å². The molecule has 84 valence electrons. The molecule has 7 heteroatoms. The van der Waals surface area contributed by atoms with Crippen LogP contribution in [0.2, 0.25) is 0 Å². The Morgan fingerprint density at radius 1 is 1.00 bits per heavy atom. The van der Waals surface area contributed by atoms with Crippen LogP contribution in [0.25, 0.3) is 0 Å². The number of aromatic hydroxyl groups is 1. The van der Waals surface area contributed by atoms with E-state index in [0.717, 1.165) is 0 Å². The molecule has 0 radical (unpaired) electrons. The Balaban J connectivity index is 0. The molecule has 1 rings (SSSR count). The summed E-state index contributed by atoms with van der Waals surface area (Å²) in [5, 5.41) is 31.2. The van der Waals surface area contributed by atoms with Gasteiger partial charge in [0, 0.05) is 0 Å². The van der Waals surface area contributed by atoms with E-state index in [2.05, 4.69) is 0 Å². The first-order chi connectivity index (χ1) is 6.91. The van der Waals surface area contributed by atoms with Gasteiger partial charge in [0.25, 0.3) is 0 Å². The normalized spacial score (nSPS) is 8.00. The molecule has 0 unspecified atom stereocenters. The Labute approximate surface area is 150 Å². The van der Waals surface area contributed by atoms with Crippen LogP contribution in [0.15, 0.2) is 24.3 Å². The van der Waals surface area contributed by atoms with E-state index in [0.29, 0.717) is 5.56 Å². The number of phenols is 1. The topological polar surface area (TPSA) is 115 Å². The fourth-order valence-corrected chi connectivity index (χ4v) is 0.788. The summed E-state index contributed by atoms with van der Waals surface area (Å²) in [7, 11) is 0. The van der Waals surface area contributed by atoms with Gasteiger partial charge in [-0.2, -0.15) is 0 Å². The summed E-state index contributed by atoms with van der Waals surface area (Å²) >= 11 is 0. The average molecular weight is 348 g/mol. The van der Waals surface area contributed by atoms with Crippen LogP contribution in [0.4, 0.5) is 4.79 Å². The van der Waals surface area contributed by atoms with Crippen molar-refractivity contribution < 1.29 is 30.0 Å². The summed E-state index contributed by atoms with van der Waals surface area (Å²) in [6, 6.07) is 6.11. The number of aliphatic carboxylic acids is 1. The second kappa shape index (κ2) is 10.00. The molecule has 0 spiro atoms. The van der Waals surface area contributed by atoms with Crippen molar-refractivity contribution in [3.05, 3.63) is 29.8 Å². The Morgan fingerprint density at radius 3 is 1.69 bits per heavy atom. The molecule has 0 heterocycles. The van der Waals surface area contributed by atoms with E-state index in [-0.39, 0.29) is 81.1 Å². The second-order valence-electron chi connectivity index (χ2n) is 2.52. The Kier molecular flexibility index (Phi) is 11.4. The van der Waals surface area contributed by atoms with Crippen molar-refractivity contribution in [2.45, 2.75) is 6.42 Å². The molecular weight excluding hydrogens is 337 g/mol. The zero-order chi connectivity index (χ0) is 11.8. The molecule has 1 aromatic rings. The van der Waals surface area contributed by atoms with E-state index >= 15 is 0 Å². The predicted molar refractivity (Wildman–Crippen MR) is 57.2 cm³/mol. The van der Waals surface area contributed by atoms with E-state index in [1.807, 2.05) is 0 Å². The summed E-state index contributed by atoms with van der Waals surface area (Å²) in [5.41, 5.74) is 0.690. The molecule has 0 aromatic heterocycles. The van der Waals surface area contributed by atoms with Gasteiger partial charge in [0.15, 0.2) is 0 Å². The molecule has 0 aliphatic rings. The molecule has 1 aromatic carbocycles. The van der Waals surface area contributed by atoms with Gasteiger partial charge in [-0.3, -0.25) is 4.79 Å². The molecule has 16 heavy (non-hydrogen) atoms. The molecule has 0 aliphatic heterocycles. The van der Waals surface area contributed by atoms with Crippen molar-refractivity contribution in [3.63, 3.8) is 0 Å². The number of phenolic OH excluding ortho intramolecular Hbond substituents is 1. The molecule has 0 amide bonds. The van der Waals surface area contributed by atoms with Crippen LogP contribution < -0.4 is 0 Å². The molecule has 0 saturated heterocycles. The predicted octanol–water partition coefficient (Wildman–Crippen LogP) is 0.593. The monoisotopic (exact) mass is 348 g/mol. The van der Waals surface area contributed by atoms with Gasteiger partial charge < -0.3 is 20.4 Å². The van der Waals surface area contributed by atoms with Gasteiger partial charge in [0.1, 0.15) is 5.75 Å². The van der Waals surface area contributed by atoms with Gasteiger partial charge in [-0.05, 0) is 17.7 Å². The molecular formula is C9H11CsO6. The van der Waals surface area contributed by atoms with Crippen LogP contribution in [0.1, 0.15) is 5.56 Å². The van der Waals surface area contributed by atoms with Crippen LogP contribution in [0.3, 0.4) is 0 Å². The number of hydrogen-bond donors (Lipinski definition) is 4. The number of carboxylic acid groups (broad SMARTS) is 3. The molecule has 6 nitrogen and oxygen atoms in total. The van der Waals surface area contributed by atoms with Crippen molar-refractivity contribution in [2.24, 2.45) is 0 Å². The molecule has 0 fully saturated rings. The van der Waals surface area contributed by atoms with Crippen molar-refractivity contribution in [1.82, 2.24) is 0 Å².